The van der Waals surface area contributed by atoms with Gasteiger partial charge in [0.05, 0.1) is 11.0 Å². The predicted octanol–water partition coefficient (Wildman–Crippen LogP) is 15.0. The molecule has 4 nitrogen and oxygen atoms in total. The number of aromatic nitrogens is 4. The fourth-order valence-corrected chi connectivity index (χ4v) is 11.1. The van der Waals surface area contributed by atoms with Crippen LogP contribution in [0.15, 0.2) is 158 Å². The molecule has 0 N–H and O–H groups in total. The van der Waals surface area contributed by atoms with Gasteiger partial charge in [-0.3, -0.25) is 0 Å². The van der Waals surface area contributed by atoms with Crippen LogP contribution in [0.4, 0.5) is 0 Å². The minimum Gasteiger partial charge on any atom is -0.309 e. The SMILES string of the molecule is CC1(C)CCC(C)(C)c2cc3c(cc21)c1ccccc1n3-c1ccc2cc(-c3nc(-c4cccc5ccccc45)nc(-c4cccc5c4sc4ccccc45)n3)ccc2c1. The zero-order chi connectivity index (χ0) is 40.3. The lowest BCUT2D eigenvalue weighted by Gasteiger charge is -2.42. The summed E-state index contributed by atoms with van der Waals surface area (Å²) in [5.41, 5.74) is 9.85. The molecule has 0 unspecified atom stereocenters. The summed E-state index contributed by atoms with van der Waals surface area (Å²) in [6, 6.07) is 57.3. The van der Waals surface area contributed by atoms with E-state index in [1.54, 1.807) is 11.3 Å². The van der Waals surface area contributed by atoms with Crippen LogP contribution in [-0.2, 0) is 10.8 Å². The van der Waals surface area contributed by atoms with Gasteiger partial charge in [0.2, 0.25) is 0 Å². The van der Waals surface area contributed by atoms with E-state index < -0.39 is 0 Å². The van der Waals surface area contributed by atoms with E-state index in [1.807, 2.05) is 0 Å². The largest absolute Gasteiger partial charge is 0.309 e. The lowest BCUT2D eigenvalue weighted by Crippen LogP contribution is -2.33. The van der Waals surface area contributed by atoms with E-state index in [0.29, 0.717) is 17.5 Å². The van der Waals surface area contributed by atoms with E-state index in [1.165, 1.54) is 71.3 Å². The molecular weight excluding hydrogens is 749 g/mol. The van der Waals surface area contributed by atoms with Crippen LogP contribution in [0.25, 0.3) is 103 Å². The van der Waals surface area contributed by atoms with E-state index in [4.69, 9.17) is 15.0 Å². The Hall–Kier alpha value is -6.69. The van der Waals surface area contributed by atoms with Gasteiger partial charge in [-0.2, -0.15) is 0 Å². The maximum absolute atomic E-state index is 5.27. The fourth-order valence-electron chi connectivity index (χ4n) is 9.91. The van der Waals surface area contributed by atoms with E-state index >= 15 is 0 Å². The topological polar surface area (TPSA) is 43.6 Å². The molecule has 3 aromatic heterocycles. The smallest absolute Gasteiger partial charge is 0.165 e. The van der Waals surface area contributed by atoms with E-state index in [2.05, 4.69) is 190 Å². The molecule has 0 saturated heterocycles. The van der Waals surface area contributed by atoms with Crippen molar-refractivity contribution in [3.8, 4) is 39.9 Å². The fraction of sp³-hybridized carbons (Fsp3) is 0.145. The van der Waals surface area contributed by atoms with Gasteiger partial charge in [-0.05, 0) is 105 Å². The number of hydrogen-bond donors (Lipinski definition) is 0. The van der Waals surface area contributed by atoms with Crippen molar-refractivity contribution in [2.24, 2.45) is 0 Å². The van der Waals surface area contributed by atoms with Gasteiger partial charge in [0.1, 0.15) is 0 Å². The van der Waals surface area contributed by atoms with Gasteiger partial charge in [-0.25, -0.2) is 15.0 Å². The van der Waals surface area contributed by atoms with Crippen LogP contribution in [0.2, 0.25) is 0 Å². The van der Waals surface area contributed by atoms with Crippen molar-refractivity contribution in [1.29, 1.82) is 0 Å². The first-order chi connectivity index (χ1) is 29.2. The second-order valence-electron chi connectivity index (χ2n) is 17.9. The van der Waals surface area contributed by atoms with Crippen LogP contribution in [0.3, 0.4) is 0 Å². The third kappa shape index (κ3) is 5.38. The predicted molar refractivity (Wildman–Crippen MR) is 254 cm³/mol. The lowest BCUT2D eigenvalue weighted by atomic mass is 9.63. The zero-order valence-electron chi connectivity index (χ0n) is 34.1. The molecular formula is C55H42N4S. The summed E-state index contributed by atoms with van der Waals surface area (Å²) in [6.45, 7) is 9.66. The first-order valence-corrected chi connectivity index (χ1v) is 21.8. The number of benzene rings is 8. The highest BCUT2D eigenvalue weighted by molar-refractivity contribution is 7.26. The number of nitrogens with zero attached hydrogens (tertiary/aromatic N) is 4. The second-order valence-corrected chi connectivity index (χ2v) is 18.9. The van der Waals surface area contributed by atoms with Gasteiger partial charge < -0.3 is 4.57 Å². The Morgan fingerprint density at radius 1 is 0.450 bits per heavy atom. The molecule has 0 atom stereocenters. The molecule has 1 aliphatic carbocycles. The Morgan fingerprint density at radius 2 is 1.07 bits per heavy atom. The summed E-state index contributed by atoms with van der Waals surface area (Å²) < 4.78 is 4.91. The van der Waals surface area contributed by atoms with Crippen LogP contribution >= 0.6 is 11.3 Å². The van der Waals surface area contributed by atoms with Crippen molar-refractivity contribution in [2.75, 3.05) is 0 Å². The quantitative estimate of drug-likeness (QED) is 0.178. The molecule has 5 heteroatoms. The highest BCUT2D eigenvalue weighted by Crippen LogP contribution is 2.49. The maximum Gasteiger partial charge on any atom is 0.165 e. The van der Waals surface area contributed by atoms with Gasteiger partial charge in [0.25, 0.3) is 0 Å². The molecule has 11 aromatic rings. The van der Waals surface area contributed by atoms with Gasteiger partial charge >= 0.3 is 0 Å². The third-order valence-corrected chi connectivity index (χ3v) is 14.5. The molecule has 0 fully saturated rings. The molecule has 0 amide bonds. The van der Waals surface area contributed by atoms with Gasteiger partial charge in [-0.1, -0.05) is 137 Å². The first kappa shape index (κ1) is 35.3. The Labute approximate surface area is 352 Å². The summed E-state index contributed by atoms with van der Waals surface area (Å²) in [5, 5.41) is 9.67. The highest BCUT2D eigenvalue weighted by atomic mass is 32.1. The van der Waals surface area contributed by atoms with Crippen LogP contribution < -0.4 is 0 Å². The molecule has 60 heavy (non-hydrogen) atoms. The molecule has 3 heterocycles. The van der Waals surface area contributed by atoms with E-state index in [-0.39, 0.29) is 10.8 Å². The standard InChI is InChI=1S/C55H42N4S/c1-54(2)27-28-55(3,4)46-32-48-44(31-45(46)54)39-16-7-9-21-47(39)59(48)37-26-25-34-29-36(24-23-35(34)30-37)51-56-52(42-19-11-14-33-13-5-6-15-38(33)42)58-53(57-51)43-20-12-18-41-40-17-8-10-22-49(40)60-50(41)43/h5-26,29-32H,27-28H2,1-4H3. The van der Waals surface area contributed by atoms with E-state index in [9.17, 15) is 0 Å². The Balaban J connectivity index is 1.03. The normalized spacial score (nSPS) is 14.8. The molecule has 0 spiro atoms. The summed E-state index contributed by atoms with van der Waals surface area (Å²) in [7, 11) is 0. The third-order valence-electron chi connectivity index (χ3n) is 13.3. The van der Waals surface area contributed by atoms with Crippen LogP contribution in [-0.4, -0.2) is 19.5 Å². The van der Waals surface area contributed by atoms with Gasteiger partial charge in [-0.15, -0.1) is 11.3 Å². The van der Waals surface area contributed by atoms with Crippen molar-refractivity contribution >= 4 is 74.9 Å². The van der Waals surface area contributed by atoms with Crippen LogP contribution in [0, 0.1) is 0 Å². The molecule has 288 valence electrons. The Kier molecular flexibility index (Phi) is 7.59. The first-order valence-electron chi connectivity index (χ1n) is 21.0. The van der Waals surface area contributed by atoms with Crippen molar-refractivity contribution in [3.05, 3.63) is 169 Å². The zero-order valence-corrected chi connectivity index (χ0v) is 34.9. The Bertz CT molecular complexity index is 3560. The summed E-state index contributed by atoms with van der Waals surface area (Å²) in [4.78, 5) is 15.8. The minimum absolute atomic E-state index is 0.118. The average molecular weight is 791 g/mol. The number of para-hydroxylation sites is 1. The van der Waals surface area contributed by atoms with Crippen molar-refractivity contribution in [3.63, 3.8) is 0 Å². The monoisotopic (exact) mass is 790 g/mol. The van der Waals surface area contributed by atoms with Crippen molar-refractivity contribution in [1.82, 2.24) is 19.5 Å². The molecule has 0 radical (unpaired) electrons. The number of rotatable bonds is 4. The molecule has 12 rings (SSSR count). The van der Waals surface area contributed by atoms with Crippen LogP contribution in [0.1, 0.15) is 51.7 Å². The van der Waals surface area contributed by atoms with Crippen LogP contribution in [0.5, 0.6) is 0 Å². The number of fused-ring (bicyclic) bond motifs is 9. The minimum atomic E-state index is 0.118. The average Bonchev–Trinajstić information content (AvgIpc) is 3.82. The van der Waals surface area contributed by atoms with Gasteiger partial charge in [0.15, 0.2) is 17.5 Å². The molecule has 1 aliphatic rings. The second kappa shape index (κ2) is 12.9. The van der Waals surface area contributed by atoms with Crippen molar-refractivity contribution < 1.29 is 0 Å². The molecule has 0 aliphatic heterocycles. The number of hydrogen-bond acceptors (Lipinski definition) is 4. The Morgan fingerprint density at radius 3 is 1.92 bits per heavy atom. The summed E-state index contributed by atoms with van der Waals surface area (Å²) in [6.07, 6.45) is 2.38. The maximum atomic E-state index is 5.27. The molecule has 8 aromatic carbocycles. The summed E-state index contributed by atoms with van der Waals surface area (Å²) in [5.74, 6) is 2.00. The molecule has 0 saturated carbocycles. The molecule has 0 bridgehead atoms. The van der Waals surface area contributed by atoms with Gasteiger partial charge in [0, 0.05) is 53.3 Å². The summed E-state index contributed by atoms with van der Waals surface area (Å²) >= 11 is 1.80. The number of thiophene rings is 1. The van der Waals surface area contributed by atoms with Crippen molar-refractivity contribution in [2.45, 2.75) is 51.4 Å². The highest BCUT2D eigenvalue weighted by Gasteiger charge is 2.38. The lowest BCUT2D eigenvalue weighted by molar-refractivity contribution is 0.332. The van der Waals surface area contributed by atoms with E-state index in [0.717, 1.165) is 38.5 Å².